The van der Waals surface area contributed by atoms with E-state index >= 15 is 0 Å². The summed E-state index contributed by atoms with van der Waals surface area (Å²) >= 11 is 0. The van der Waals surface area contributed by atoms with Crippen LogP contribution in [0.4, 0.5) is 13.2 Å². The molecule has 1 aliphatic carbocycles. The number of aliphatic carboxylic acids is 1. The molecule has 1 N–H and O–H groups in total. The van der Waals surface area contributed by atoms with Crippen LogP contribution >= 0.6 is 0 Å². The van der Waals surface area contributed by atoms with Gasteiger partial charge in [-0.1, -0.05) is 19.8 Å². The maximum Gasteiger partial charge on any atom is 0.406 e. The predicted molar refractivity (Wildman–Crippen MR) is 56.8 cm³/mol. The number of amides is 1. The Kier molecular flexibility index (Phi) is 4.24. The summed E-state index contributed by atoms with van der Waals surface area (Å²) in [6, 6.07) is 0. The van der Waals surface area contributed by atoms with E-state index in [2.05, 4.69) is 0 Å². The van der Waals surface area contributed by atoms with Crippen LogP contribution in [0.15, 0.2) is 0 Å². The van der Waals surface area contributed by atoms with Gasteiger partial charge in [0, 0.05) is 5.41 Å². The first kappa shape index (κ1) is 14.8. The van der Waals surface area contributed by atoms with Gasteiger partial charge in [-0.15, -0.1) is 0 Å². The molecule has 1 amide bonds. The van der Waals surface area contributed by atoms with Crippen LogP contribution in [0.5, 0.6) is 0 Å². The van der Waals surface area contributed by atoms with Gasteiger partial charge in [0.2, 0.25) is 5.91 Å². The van der Waals surface area contributed by atoms with Crippen LogP contribution in [0, 0.1) is 5.41 Å². The summed E-state index contributed by atoms with van der Waals surface area (Å²) in [5.41, 5.74) is -0.847. The van der Waals surface area contributed by atoms with Gasteiger partial charge in [0.05, 0.1) is 0 Å². The van der Waals surface area contributed by atoms with Crippen molar-refractivity contribution in [2.24, 2.45) is 5.41 Å². The molecular weight excluding hydrogens is 251 g/mol. The lowest BCUT2D eigenvalue weighted by Gasteiger charge is -2.31. The molecule has 0 aromatic rings. The highest BCUT2D eigenvalue weighted by molar-refractivity contribution is 5.86. The van der Waals surface area contributed by atoms with E-state index in [1.54, 1.807) is 6.92 Å². The van der Waals surface area contributed by atoms with Crippen molar-refractivity contribution in [3.05, 3.63) is 0 Å². The van der Waals surface area contributed by atoms with Gasteiger partial charge >= 0.3 is 12.1 Å². The Morgan fingerprint density at radius 3 is 2.17 bits per heavy atom. The van der Waals surface area contributed by atoms with Gasteiger partial charge in [-0.25, -0.2) is 0 Å². The third-order valence-corrected chi connectivity index (χ3v) is 3.21. The van der Waals surface area contributed by atoms with E-state index in [-0.39, 0.29) is 0 Å². The summed E-state index contributed by atoms with van der Waals surface area (Å²) in [6.07, 6.45) is -1.98. The van der Waals surface area contributed by atoms with Crippen LogP contribution in [-0.4, -0.2) is 41.1 Å². The number of hydrogen-bond acceptors (Lipinski definition) is 2. The zero-order valence-electron chi connectivity index (χ0n) is 10.1. The minimum Gasteiger partial charge on any atom is -0.480 e. The lowest BCUT2D eigenvalue weighted by Crippen LogP contribution is -2.47. The summed E-state index contributed by atoms with van der Waals surface area (Å²) in [5, 5.41) is 8.60. The van der Waals surface area contributed by atoms with Crippen LogP contribution in [0.25, 0.3) is 0 Å². The van der Waals surface area contributed by atoms with Crippen molar-refractivity contribution in [3.8, 4) is 0 Å². The molecule has 0 spiro atoms. The number of carbonyl (C=O) groups excluding carboxylic acids is 1. The largest absolute Gasteiger partial charge is 0.480 e. The zero-order chi connectivity index (χ0) is 14.0. The number of carbonyl (C=O) groups is 2. The summed E-state index contributed by atoms with van der Waals surface area (Å²) < 4.78 is 37.0. The molecule has 1 fully saturated rings. The SMILES string of the molecule is CC1(C(=O)N(CC(=O)O)CC(F)(F)F)CCCC1. The Bertz CT molecular complexity index is 335. The van der Waals surface area contributed by atoms with Gasteiger partial charge in [-0.05, 0) is 12.8 Å². The van der Waals surface area contributed by atoms with Gasteiger partial charge in [0.1, 0.15) is 13.1 Å². The molecule has 1 saturated carbocycles. The van der Waals surface area contributed by atoms with Crippen molar-refractivity contribution in [3.63, 3.8) is 0 Å². The third kappa shape index (κ3) is 3.89. The monoisotopic (exact) mass is 267 g/mol. The van der Waals surface area contributed by atoms with Crippen LogP contribution in [0.3, 0.4) is 0 Å². The fourth-order valence-electron chi connectivity index (χ4n) is 2.33. The van der Waals surface area contributed by atoms with Crippen molar-refractivity contribution in [2.75, 3.05) is 13.1 Å². The molecule has 7 heteroatoms. The third-order valence-electron chi connectivity index (χ3n) is 3.21. The smallest absolute Gasteiger partial charge is 0.406 e. The normalized spacial score (nSPS) is 18.7. The highest BCUT2D eigenvalue weighted by atomic mass is 19.4. The van der Waals surface area contributed by atoms with E-state index < -0.39 is 36.6 Å². The Hall–Kier alpha value is -1.27. The van der Waals surface area contributed by atoms with Crippen LogP contribution in [-0.2, 0) is 9.59 Å². The number of alkyl halides is 3. The van der Waals surface area contributed by atoms with E-state index in [0.29, 0.717) is 17.7 Å². The fourth-order valence-corrected chi connectivity index (χ4v) is 2.33. The molecule has 0 saturated heterocycles. The van der Waals surface area contributed by atoms with Crippen LogP contribution in [0.2, 0.25) is 0 Å². The van der Waals surface area contributed by atoms with Gasteiger partial charge in [0.15, 0.2) is 0 Å². The van der Waals surface area contributed by atoms with Crippen LogP contribution in [0.1, 0.15) is 32.6 Å². The standard InChI is InChI=1S/C11H16F3NO3/c1-10(4-2-3-5-10)9(18)15(6-8(16)17)7-11(12,13)14/h2-7H2,1H3,(H,16,17). The number of rotatable bonds is 4. The number of carboxylic acids is 1. The molecule has 1 aliphatic rings. The molecule has 104 valence electrons. The zero-order valence-corrected chi connectivity index (χ0v) is 10.1. The molecule has 0 unspecified atom stereocenters. The van der Waals surface area contributed by atoms with Crippen molar-refractivity contribution in [1.82, 2.24) is 4.90 Å². The quantitative estimate of drug-likeness (QED) is 0.848. The molecule has 0 radical (unpaired) electrons. The lowest BCUT2D eigenvalue weighted by atomic mass is 9.87. The van der Waals surface area contributed by atoms with Crippen LogP contribution < -0.4 is 0 Å². The number of hydrogen-bond donors (Lipinski definition) is 1. The first-order valence-electron chi connectivity index (χ1n) is 5.72. The second kappa shape index (κ2) is 5.16. The molecule has 1 rings (SSSR count). The first-order valence-corrected chi connectivity index (χ1v) is 5.72. The highest BCUT2D eigenvalue weighted by Gasteiger charge is 2.43. The Morgan fingerprint density at radius 1 is 1.28 bits per heavy atom. The van der Waals surface area contributed by atoms with Crippen molar-refractivity contribution >= 4 is 11.9 Å². The van der Waals surface area contributed by atoms with E-state index in [1.807, 2.05) is 0 Å². The second-order valence-electron chi connectivity index (χ2n) is 4.94. The average molecular weight is 267 g/mol. The number of halogens is 3. The first-order chi connectivity index (χ1) is 8.14. The Labute approximate surface area is 103 Å². The molecule has 0 bridgehead atoms. The van der Waals surface area contributed by atoms with Gasteiger partial charge in [0.25, 0.3) is 0 Å². The number of nitrogens with zero attached hydrogens (tertiary/aromatic N) is 1. The van der Waals surface area contributed by atoms with Crippen molar-refractivity contribution in [2.45, 2.75) is 38.8 Å². The summed E-state index contributed by atoms with van der Waals surface area (Å²) in [5.74, 6) is -2.14. The van der Waals surface area contributed by atoms with Gasteiger partial charge < -0.3 is 10.0 Å². The van der Waals surface area contributed by atoms with E-state index in [4.69, 9.17) is 5.11 Å². The molecule has 0 aliphatic heterocycles. The van der Waals surface area contributed by atoms with E-state index in [0.717, 1.165) is 12.8 Å². The molecular formula is C11H16F3NO3. The Morgan fingerprint density at radius 2 is 1.78 bits per heavy atom. The molecule has 4 nitrogen and oxygen atoms in total. The molecule has 0 aromatic heterocycles. The maximum atomic E-state index is 12.3. The average Bonchev–Trinajstić information content (AvgIpc) is 2.61. The second-order valence-corrected chi connectivity index (χ2v) is 4.94. The van der Waals surface area contributed by atoms with Gasteiger partial charge in [-0.3, -0.25) is 9.59 Å². The summed E-state index contributed by atoms with van der Waals surface area (Å²) in [6.45, 7) is -0.810. The minimum absolute atomic E-state index is 0.396. The molecule has 18 heavy (non-hydrogen) atoms. The predicted octanol–water partition coefficient (Wildman–Crippen LogP) is 2.04. The summed E-state index contributed by atoms with van der Waals surface area (Å²) in [4.78, 5) is 23.0. The molecule has 0 aromatic carbocycles. The maximum absolute atomic E-state index is 12.3. The molecule has 0 heterocycles. The lowest BCUT2D eigenvalue weighted by molar-refractivity contribution is -0.170. The van der Waals surface area contributed by atoms with E-state index in [1.165, 1.54) is 0 Å². The number of carboxylic acid groups (broad SMARTS) is 1. The van der Waals surface area contributed by atoms with Crippen molar-refractivity contribution in [1.29, 1.82) is 0 Å². The Balaban J connectivity index is 2.81. The van der Waals surface area contributed by atoms with Crippen molar-refractivity contribution < 1.29 is 27.9 Å². The van der Waals surface area contributed by atoms with E-state index in [9.17, 15) is 22.8 Å². The fraction of sp³-hybridized carbons (Fsp3) is 0.818. The summed E-state index contributed by atoms with van der Waals surface area (Å²) in [7, 11) is 0. The molecule has 0 atom stereocenters. The topological polar surface area (TPSA) is 57.6 Å². The highest BCUT2D eigenvalue weighted by Crippen LogP contribution is 2.39. The van der Waals surface area contributed by atoms with Gasteiger partial charge in [-0.2, -0.15) is 13.2 Å². The minimum atomic E-state index is -4.58.